The molecule has 4 aromatic rings. The summed E-state index contributed by atoms with van der Waals surface area (Å²) in [6.45, 7) is 7.72. The number of nitrogen functional groups attached to an aromatic ring is 1. The number of pyridine rings is 1. The number of para-hydroxylation sites is 1. The molecule has 0 aliphatic heterocycles. The normalized spacial score (nSPS) is 10.8. The number of ether oxygens (including phenoxy) is 1. The lowest BCUT2D eigenvalue weighted by Crippen LogP contribution is -2.03. The number of hydrogen-bond acceptors (Lipinski definition) is 5. The number of aromatic nitrogens is 4. The van der Waals surface area contributed by atoms with Gasteiger partial charge in [0.15, 0.2) is 0 Å². The number of nitrogens with two attached hydrogens (primary N) is 1. The van der Waals surface area contributed by atoms with Crippen LogP contribution in [0.25, 0.3) is 38.1 Å². The van der Waals surface area contributed by atoms with E-state index in [1.807, 2.05) is 31.4 Å². The van der Waals surface area contributed by atoms with Crippen LogP contribution in [0.2, 0.25) is 0 Å². The number of H-pyrrole nitrogens is 1. The summed E-state index contributed by atoms with van der Waals surface area (Å²) in [6, 6.07) is 7.39. The first-order valence-electron chi connectivity index (χ1n) is 8.39. The Labute approximate surface area is 160 Å². The average molecular weight is 372 g/mol. The molecule has 0 saturated carbocycles. The van der Waals surface area contributed by atoms with E-state index in [9.17, 15) is 4.79 Å². The van der Waals surface area contributed by atoms with Crippen LogP contribution in [0, 0.1) is 6.57 Å². The van der Waals surface area contributed by atoms with Crippen LogP contribution in [0.1, 0.15) is 10.4 Å². The van der Waals surface area contributed by atoms with Gasteiger partial charge in [0, 0.05) is 41.6 Å². The van der Waals surface area contributed by atoms with Crippen molar-refractivity contribution in [2.75, 3.05) is 12.8 Å². The standard InChI is InChI=1S/C20H16N6O2/c1-22-17-12(11-8-24-26(2)10-11)5-4-6-13(17)16-7-14-15(20(27)28-3)9-23-19(21)18(14)25-16/h4-10,25H,2-3H3,(H2,21,23). The van der Waals surface area contributed by atoms with Crippen LogP contribution in [-0.4, -0.2) is 32.8 Å². The SMILES string of the molecule is [C-]#[N+]c1c(-c2cnn(C)c2)cccc1-c1cc2c(C(=O)OC)cnc(N)c2[nH]1. The number of carbonyl (C=O) groups is 1. The van der Waals surface area contributed by atoms with Gasteiger partial charge in [-0.25, -0.2) is 14.6 Å². The zero-order chi connectivity index (χ0) is 19.8. The lowest BCUT2D eigenvalue weighted by atomic mass is 10.0. The number of esters is 1. The lowest BCUT2D eigenvalue weighted by molar-refractivity contribution is 0.0602. The topological polar surface area (TPSA) is 103 Å². The maximum Gasteiger partial charge on any atom is 0.340 e. The van der Waals surface area contributed by atoms with Crippen LogP contribution >= 0.6 is 0 Å². The molecule has 0 aliphatic rings. The molecule has 138 valence electrons. The second-order valence-corrected chi connectivity index (χ2v) is 6.24. The molecule has 1 aromatic carbocycles. The molecule has 0 spiro atoms. The summed E-state index contributed by atoms with van der Waals surface area (Å²) in [5.41, 5.74) is 10.3. The minimum Gasteiger partial charge on any atom is -0.465 e. The number of aromatic amines is 1. The quantitative estimate of drug-likeness (QED) is 0.423. The van der Waals surface area contributed by atoms with Crippen molar-refractivity contribution < 1.29 is 9.53 Å². The van der Waals surface area contributed by atoms with Gasteiger partial charge >= 0.3 is 5.97 Å². The van der Waals surface area contributed by atoms with Crippen LogP contribution in [0.4, 0.5) is 11.5 Å². The summed E-state index contributed by atoms with van der Waals surface area (Å²) in [4.78, 5) is 23.1. The van der Waals surface area contributed by atoms with E-state index in [2.05, 4.69) is 19.9 Å². The molecule has 3 N–H and O–H groups in total. The smallest absolute Gasteiger partial charge is 0.340 e. The molecular formula is C20H16N6O2. The van der Waals surface area contributed by atoms with Crippen LogP contribution in [0.5, 0.6) is 0 Å². The molecule has 4 rings (SSSR count). The van der Waals surface area contributed by atoms with Crippen molar-refractivity contribution in [3.05, 3.63) is 59.8 Å². The maximum absolute atomic E-state index is 12.1. The minimum atomic E-state index is -0.502. The Morgan fingerprint density at radius 3 is 2.79 bits per heavy atom. The largest absolute Gasteiger partial charge is 0.465 e. The van der Waals surface area contributed by atoms with Gasteiger partial charge in [-0.15, -0.1) is 0 Å². The van der Waals surface area contributed by atoms with Gasteiger partial charge in [-0.05, 0) is 11.6 Å². The van der Waals surface area contributed by atoms with Gasteiger partial charge in [0.1, 0.15) is 5.82 Å². The third kappa shape index (κ3) is 2.66. The van der Waals surface area contributed by atoms with E-state index in [1.54, 1.807) is 16.9 Å². The molecule has 3 aromatic heterocycles. The number of benzene rings is 1. The number of methoxy groups -OCH3 is 1. The van der Waals surface area contributed by atoms with Gasteiger partial charge in [-0.1, -0.05) is 18.2 Å². The third-order valence-corrected chi connectivity index (χ3v) is 4.56. The van der Waals surface area contributed by atoms with E-state index in [0.717, 1.165) is 11.1 Å². The van der Waals surface area contributed by atoms with Gasteiger partial charge < -0.3 is 15.5 Å². The van der Waals surface area contributed by atoms with Crippen LogP contribution in [0.3, 0.4) is 0 Å². The molecule has 0 atom stereocenters. The number of carbonyl (C=O) groups excluding carboxylic acids is 1. The Morgan fingerprint density at radius 1 is 1.32 bits per heavy atom. The first-order valence-corrected chi connectivity index (χ1v) is 8.39. The van der Waals surface area contributed by atoms with E-state index < -0.39 is 5.97 Å². The van der Waals surface area contributed by atoms with Crippen LogP contribution < -0.4 is 5.73 Å². The fraction of sp³-hybridized carbons (Fsp3) is 0.100. The molecular weight excluding hydrogens is 356 g/mol. The van der Waals surface area contributed by atoms with Gasteiger partial charge in [0.05, 0.1) is 31.0 Å². The molecule has 28 heavy (non-hydrogen) atoms. The first kappa shape index (κ1) is 17.3. The molecule has 8 heteroatoms. The molecule has 0 amide bonds. The number of aryl methyl sites for hydroxylation is 1. The summed E-state index contributed by atoms with van der Waals surface area (Å²) < 4.78 is 6.52. The fourth-order valence-electron chi connectivity index (χ4n) is 3.23. The molecule has 0 saturated heterocycles. The maximum atomic E-state index is 12.1. The Balaban J connectivity index is 1.95. The number of nitrogens with one attached hydrogen (secondary N) is 1. The third-order valence-electron chi connectivity index (χ3n) is 4.56. The van der Waals surface area contributed by atoms with Crippen molar-refractivity contribution >= 4 is 28.4 Å². The summed E-state index contributed by atoms with van der Waals surface area (Å²) in [7, 11) is 3.14. The predicted molar refractivity (Wildman–Crippen MR) is 106 cm³/mol. The lowest BCUT2D eigenvalue weighted by Gasteiger charge is -2.07. The highest BCUT2D eigenvalue weighted by Gasteiger charge is 2.19. The monoisotopic (exact) mass is 372 g/mol. The molecule has 0 radical (unpaired) electrons. The molecule has 0 unspecified atom stereocenters. The number of fused-ring (bicyclic) bond motifs is 1. The number of rotatable bonds is 3. The highest BCUT2D eigenvalue weighted by atomic mass is 16.5. The Hall–Kier alpha value is -4.12. The fourth-order valence-corrected chi connectivity index (χ4v) is 3.23. The second-order valence-electron chi connectivity index (χ2n) is 6.24. The predicted octanol–water partition coefficient (Wildman–Crippen LogP) is 3.55. The van der Waals surface area contributed by atoms with E-state index in [4.69, 9.17) is 17.0 Å². The highest BCUT2D eigenvalue weighted by Crippen LogP contribution is 2.40. The minimum absolute atomic E-state index is 0.265. The van der Waals surface area contributed by atoms with Crippen molar-refractivity contribution in [2.24, 2.45) is 7.05 Å². The zero-order valence-corrected chi connectivity index (χ0v) is 15.2. The van der Waals surface area contributed by atoms with Crippen molar-refractivity contribution in [1.29, 1.82) is 0 Å². The van der Waals surface area contributed by atoms with E-state index in [0.29, 0.717) is 33.4 Å². The number of anilines is 1. The van der Waals surface area contributed by atoms with Crippen LogP contribution in [0.15, 0.2) is 42.9 Å². The summed E-state index contributed by atoms with van der Waals surface area (Å²) in [5.74, 6) is -0.237. The number of nitrogens with zero attached hydrogens (tertiary/aromatic N) is 4. The molecule has 8 nitrogen and oxygen atoms in total. The molecule has 0 fully saturated rings. The van der Waals surface area contributed by atoms with Crippen molar-refractivity contribution in [2.45, 2.75) is 0 Å². The zero-order valence-electron chi connectivity index (χ0n) is 15.2. The van der Waals surface area contributed by atoms with Gasteiger partial charge in [0.25, 0.3) is 0 Å². The Morgan fingerprint density at radius 2 is 2.11 bits per heavy atom. The van der Waals surface area contributed by atoms with Crippen molar-refractivity contribution in [1.82, 2.24) is 19.7 Å². The van der Waals surface area contributed by atoms with Crippen LogP contribution in [-0.2, 0) is 11.8 Å². The van der Waals surface area contributed by atoms with Crippen molar-refractivity contribution in [3.63, 3.8) is 0 Å². The summed E-state index contributed by atoms with van der Waals surface area (Å²) >= 11 is 0. The molecule has 0 bridgehead atoms. The van der Waals surface area contributed by atoms with E-state index >= 15 is 0 Å². The summed E-state index contributed by atoms with van der Waals surface area (Å²) in [5, 5.41) is 4.78. The van der Waals surface area contributed by atoms with E-state index in [-0.39, 0.29) is 5.82 Å². The first-order chi connectivity index (χ1) is 13.5. The van der Waals surface area contributed by atoms with Crippen molar-refractivity contribution in [3.8, 4) is 22.4 Å². The second kappa shape index (κ2) is 6.55. The van der Waals surface area contributed by atoms with Gasteiger partial charge in [0.2, 0.25) is 5.69 Å². The Bertz CT molecular complexity index is 1260. The molecule has 3 heterocycles. The Kier molecular flexibility index (Phi) is 4.05. The number of hydrogen-bond donors (Lipinski definition) is 2. The van der Waals surface area contributed by atoms with Gasteiger partial charge in [-0.3, -0.25) is 4.68 Å². The average Bonchev–Trinajstić information content (AvgIpc) is 3.34. The van der Waals surface area contributed by atoms with Gasteiger partial charge in [-0.2, -0.15) is 5.10 Å². The summed E-state index contributed by atoms with van der Waals surface area (Å²) in [6.07, 6.45) is 4.97. The molecule has 0 aliphatic carbocycles. The van der Waals surface area contributed by atoms with E-state index in [1.165, 1.54) is 13.3 Å². The highest BCUT2D eigenvalue weighted by molar-refractivity contribution is 6.08.